The van der Waals surface area contributed by atoms with Crippen LogP contribution in [0, 0.1) is 11.3 Å². The molecule has 0 saturated heterocycles. The molecule has 0 aliphatic heterocycles. The van der Waals surface area contributed by atoms with E-state index >= 15 is 0 Å². The number of esters is 2. The number of nitrogens with zero attached hydrogens (tertiary/aromatic N) is 1. The van der Waals surface area contributed by atoms with Gasteiger partial charge in [0.05, 0.1) is 26.9 Å². The highest BCUT2D eigenvalue weighted by atomic mass is 16.6. The number of rotatable bonds is 12. The maximum atomic E-state index is 12.5. The Morgan fingerprint density at radius 3 is 2.26 bits per heavy atom. The van der Waals surface area contributed by atoms with Crippen molar-refractivity contribution >= 4 is 18.0 Å². The van der Waals surface area contributed by atoms with Gasteiger partial charge in [-0.1, -0.05) is 12.1 Å². The Morgan fingerprint density at radius 1 is 0.912 bits per heavy atom. The molecule has 0 radical (unpaired) electrons. The van der Waals surface area contributed by atoms with Crippen LogP contribution >= 0.6 is 0 Å². The lowest BCUT2D eigenvalue weighted by Crippen LogP contribution is -2.10. The number of carbonyl (C=O) groups excluding carboxylic acids is 2. The molecular weight excluding hydrogens is 438 g/mol. The van der Waals surface area contributed by atoms with E-state index in [0.717, 1.165) is 5.56 Å². The van der Waals surface area contributed by atoms with Crippen LogP contribution in [0.1, 0.15) is 38.3 Å². The van der Waals surface area contributed by atoms with E-state index in [0.29, 0.717) is 42.4 Å². The van der Waals surface area contributed by atoms with Crippen LogP contribution in [0.3, 0.4) is 0 Å². The molecule has 0 aliphatic rings. The molecule has 0 aliphatic carbocycles. The van der Waals surface area contributed by atoms with Gasteiger partial charge < -0.3 is 23.7 Å². The number of hydrogen-bond donors (Lipinski definition) is 0. The van der Waals surface area contributed by atoms with Crippen LogP contribution in [-0.2, 0) is 20.7 Å². The van der Waals surface area contributed by atoms with Gasteiger partial charge in [-0.3, -0.25) is 4.79 Å². The molecule has 0 unspecified atom stereocenters. The maximum absolute atomic E-state index is 12.5. The summed E-state index contributed by atoms with van der Waals surface area (Å²) in [6.07, 6.45) is 1.99. The van der Waals surface area contributed by atoms with Crippen LogP contribution in [0.5, 0.6) is 23.0 Å². The summed E-state index contributed by atoms with van der Waals surface area (Å²) in [7, 11) is 1.57. The predicted molar refractivity (Wildman–Crippen MR) is 126 cm³/mol. The summed E-state index contributed by atoms with van der Waals surface area (Å²) in [5, 5.41) is 9.22. The first-order valence-electron chi connectivity index (χ1n) is 11.0. The fourth-order valence-corrected chi connectivity index (χ4v) is 3.04. The smallest absolute Gasteiger partial charge is 0.348 e. The van der Waals surface area contributed by atoms with Gasteiger partial charge >= 0.3 is 11.9 Å². The van der Waals surface area contributed by atoms with Crippen molar-refractivity contribution in [2.24, 2.45) is 0 Å². The van der Waals surface area contributed by atoms with Crippen LogP contribution in [0.25, 0.3) is 6.08 Å². The molecule has 8 heteroatoms. The van der Waals surface area contributed by atoms with E-state index in [1.165, 1.54) is 6.08 Å². The molecule has 0 heterocycles. The van der Waals surface area contributed by atoms with Crippen LogP contribution in [0.15, 0.2) is 42.0 Å². The first-order chi connectivity index (χ1) is 16.4. The topological polar surface area (TPSA) is 104 Å². The van der Waals surface area contributed by atoms with E-state index in [1.54, 1.807) is 39.2 Å². The minimum Gasteiger partial charge on any atom is -0.493 e. The summed E-state index contributed by atoms with van der Waals surface area (Å²) in [6, 6.07) is 12.1. The molecule has 2 aromatic carbocycles. The summed E-state index contributed by atoms with van der Waals surface area (Å²) < 4.78 is 26.8. The van der Waals surface area contributed by atoms with Crippen molar-refractivity contribution in [2.75, 3.05) is 26.9 Å². The SMILES string of the molecule is CCOC(=O)/C(C#N)=C/c1ccc(OC(=O)CCc2ccc(OCC)c(OC)c2)c(OCC)c1. The molecule has 34 heavy (non-hydrogen) atoms. The van der Waals surface area contributed by atoms with Gasteiger partial charge in [0.2, 0.25) is 0 Å². The van der Waals surface area contributed by atoms with Gasteiger partial charge in [0.15, 0.2) is 23.0 Å². The van der Waals surface area contributed by atoms with Crippen molar-refractivity contribution in [1.29, 1.82) is 5.26 Å². The summed E-state index contributed by atoms with van der Waals surface area (Å²) in [5.74, 6) is 0.700. The standard InChI is InChI=1S/C26H29NO7/c1-5-31-21-11-8-18(15-23(21)30-4)10-13-25(28)34-22-12-9-19(16-24(22)32-6-2)14-20(17-27)26(29)33-7-3/h8-9,11-12,14-16H,5-7,10,13H2,1-4H3/b20-14+. The van der Waals surface area contributed by atoms with Crippen molar-refractivity contribution in [3.8, 4) is 29.1 Å². The Balaban J connectivity index is 2.11. The van der Waals surface area contributed by atoms with Crippen molar-refractivity contribution < 1.29 is 33.3 Å². The highest BCUT2D eigenvalue weighted by Gasteiger charge is 2.14. The summed E-state index contributed by atoms with van der Waals surface area (Å²) in [5.41, 5.74) is 1.31. The van der Waals surface area contributed by atoms with Crippen LogP contribution in [0.4, 0.5) is 0 Å². The van der Waals surface area contributed by atoms with E-state index in [-0.39, 0.29) is 24.4 Å². The molecular formula is C26H29NO7. The van der Waals surface area contributed by atoms with Gasteiger partial charge in [-0.15, -0.1) is 0 Å². The average Bonchev–Trinajstić information content (AvgIpc) is 2.83. The lowest BCUT2D eigenvalue weighted by Gasteiger charge is -2.12. The van der Waals surface area contributed by atoms with Crippen molar-refractivity contribution in [3.05, 3.63) is 53.1 Å². The zero-order valence-electron chi connectivity index (χ0n) is 19.9. The lowest BCUT2D eigenvalue weighted by atomic mass is 10.1. The fraction of sp³-hybridized carbons (Fsp3) is 0.346. The van der Waals surface area contributed by atoms with Crippen molar-refractivity contribution in [1.82, 2.24) is 0 Å². The van der Waals surface area contributed by atoms with Gasteiger partial charge in [0, 0.05) is 6.42 Å². The monoisotopic (exact) mass is 467 g/mol. The third-order valence-electron chi connectivity index (χ3n) is 4.56. The number of ether oxygens (including phenoxy) is 5. The van der Waals surface area contributed by atoms with Gasteiger partial charge in [-0.25, -0.2) is 4.79 Å². The van der Waals surface area contributed by atoms with Gasteiger partial charge in [-0.05, 0) is 68.7 Å². The van der Waals surface area contributed by atoms with Gasteiger partial charge in [0.1, 0.15) is 11.6 Å². The number of hydrogen-bond acceptors (Lipinski definition) is 8. The second kappa shape index (κ2) is 13.5. The number of carbonyl (C=O) groups is 2. The lowest BCUT2D eigenvalue weighted by molar-refractivity contribution is -0.138. The van der Waals surface area contributed by atoms with E-state index < -0.39 is 11.9 Å². The summed E-state index contributed by atoms with van der Waals surface area (Å²) in [4.78, 5) is 24.3. The van der Waals surface area contributed by atoms with Crippen LogP contribution < -0.4 is 18.9 Å². The average molecular weight is 468 g/mol. The Kier molecular flexibility index (Phi) is 10.5. The second-order valence-corrected chi connectivity index (χ2v) is 6.92. The van der Waals surface area contributed by atoms with Crippen molar-refractivity contribution in [3.63, 3.8) is 0 Å². The Morgan fingerprint density at radius 2 is 1.62 bits per heavy atom. The molecule has 0 N–H and O–H groups in total. The van der Waals surface area contributed by atoms with Gasteiger partial charge in [-0.2, -0.15) is 5.26 Å². The van der Waals surface area contributed by atoms with Gasteiger partial charge in [0.25, 0.3) is 0 Å². The third kappa shape index (κ3) is 7.55. The van der Waals surface area contributed by atoms with E-state index in [1.807, 2.05) is 31.2 Å². The molecule has 8 nitrogen and oxygen atoms in total. The first kappa shape index (κ1) is 26.3. The summed E-state index contributed by atoms with van der Waals surface area (Å²) in [6.45, 7) is 6.39. The third-order valence-corrected chi connectivity index (χ3v) is 4.56. The second-order valence-electron chi connectivity index (χ2n) is 6.92. The Hall–Kier alpha value is -3.99. The normalized spacial score (nSPS) is 10.7. The van der Waals surface area contributed by atoms with Crippen LogP contribution in [-0.4, -0.2) is 38.9 Å². The molecule has 2 rings (SSSR count). The largest absolute Gasteiger partial charge is 0.493 e. The summed E-state index contributed by atoms with van der Waals surface area (Å²) >= 11 is 0. The molecule has 0 spiro atoms. The van der Waals surface area contributed by atoms with E-state index in [2.05, 4.69) is 0 Å². The quantitative estimate of drug-likeness (QED) is 0.194. The number of benzene rings is 2. The zero-order chi connectivity index (χ0) is 24.9. The Bertz CT molecular complexity index is 1070. The fourth-order valence-electron chi connectivity index (χ4n) is 3.04. The molecule has 0 saturated carbocycles. The molecule has 0 fully saturated rings. The minimum atomic E-state index is -0.704. The van der Waals surface area contributed by atoms with E-state index in [4.69, 9.17) is 23.7 Å². The molecule has 0 bridgehead atoms. The number of methoxy groups -OCH3 is 1. The zero-order valence-corrected chi connectivity index (χ0v) is 19.9. The Labute approximate surface area is 199 Å². The number of aryl methyl sites for hydroxylation is 1. The van der Waals surface area contributed by atoms with Crippen molar-refractivity contribution in [2.45, 2.75) is 33.6 Å². The van der Waals surface area contributed by atoms with Crippen LogP contribution in [0.2, 0.25) is 0 Å². The number of nitriles is 1. The molecule has 2 aromatic rings. The minimum absolute atomic E-state index is 0.139. The maximum Gasteiger partial charge on any atom is 0.348 e. The highest BCUT2D eigenvalue weighted by molar-refractivity contribution is 5.98. The molecule has 180 valence electrons. The molecule has 0 atom stereocenters. The highest BCUT2D eigenvalue weighted by Crippen LogP contribution is 2.31. The first-order valence-corrected chi connectivity index (χ1v) is 11.0. The molecule has 0 aromatic heterocycles. The predicted octanol–water partition coefficient (Wildman–Crippen LogP) is 4.50. The molecule has 0 amide bonds. The van der Waals surface area contributed by atoms with E-state index in [9.17, 15) is 14.9 Å².